The van der Waals surface area contributed by atoms with E-state index in [9.17, 15) is 4.79 Å². The van der Waals surface area contributed by atoms with E-state index in [2.05, 4.69) is 12.2 Å². The van der Waals surface area contributed by atoms with E-state index >= 15 is 0 Å². The van der Waals surface area contributed by atoms with Crippen LogP contribution in [0.3, 0.4) is 0 Å². The summed E-state index contributed by atoms with van der Waals surface area (Å²) in [6, 6.07) is 0.538. The standard InChI is InChI=1S/C10H17NO/c1-2-3-6-10-7-4-5-8(10)11-9(10)12/h8H,2-7H2,1H3,(H,11,12). The Labute approximate surface area is 73.7 Å². The average Bonchev–Trinajstić information content (AvgIpc) is 2.39. The summed E-state index contributed by atoms with van der Waals surface area (Å²) >= 11 is 0. The van der Waals surface area contributed by atoms with Gasteiger partial charge in [-0.05, 0) is 19.3 Å². The molecule has 2 unspecified atom stereocenters. The Morgan fingerprint density at radius 1 is 1.67 bits per heavy atom. The molecule has 0 aromatic rings. The number of rotatable bonds is 3. The van der Waals surface area contributed by atoms with Crippen molar-refractivity contribution in [3.8, 4) is 0 Å². The van der Waals surface area contributed by atoms with E-state index in [0.717, 1.165) is 12.8 Å². The lowest BCUT2D eigenvalue weighted by Gasteiger charge is -2.44. The van der Waals surface area contributed by atoms with Gasteiger partial charge in [-0.25, -0.2) is 0 Å². The van der Waals surface area contributed by atoms with Crippen molar-refractivity contribution in [3.63, 3.8) is 0 Å². The van der Waals surface area contributed by atoms with Crippen molar-refractivity contribution >= 4 is 5.91 Å². The van der Waals surface area contributed by atoms with Crippen LogP contribution in [-0.2, 0) is 4.79 Å². The van der Waals surface area contributed by atoms with Crippen LogP contribution in [0.1, 0.15) is 45.4 Å². The first kappa shape index (κ1) is 8.09. The molecule has 2 atom stereocenters. The zero-order valence-electron chi connectivity index (χ0n) is 7.73. The fourth-order valence-corrected chi connectivity index (χ4v) is 2.68. The van der Waals surface area contributed by atoms with Gasteiger partial charge in [-0.2, -0.15) is 0 Å². The second kappa shape index (κ2) is 2.75. The third-order valence-corrected chi connectivity index (χ3v) is 3.52. The van der Waals surface area contributed by atoms with Crippen LogP contribution < -0.4 is 5.32 Å². The molecule has 1 N–H and O–H groups in total. The molecule has 12 heavy (non-hydrogen) atoms. The van der Waals surface area contributed by atoms with Crippen molar-refractivity contribution in [1.29, 1.82) is 0 Å². The van der Waals surface area contributed by atoms with E-state index in [4.69, 9.17) is 0 Å². The van der Waals surface area contributed by atoms with E-state index in [1.165, 1.54) is 25.7 Å². The van der Waals surface area contributed by atoms with Crippen molar-refractivity contribution in [2.75, 3.05) is 0 Å². The van der Waals surface area contributed by atoms with Gasteiger partial charge in [-0.3, -0.25) is 4.79 Å². The maximum Gasteiger partial charge on any atom is 0.228 e. The first-order chi connectivity index (χ1) is 5.79. The van der Waals surface area contributed by atoms with Crippen LogP contribution in [0.2, 0.25) is 0 Å². The Bertz CT molecular complexity index is 202. The Morgan fingerprint density at radius 2 is 2.50 bits per heavy atom. The minimum absolute atomic E-state index is 0.0933. The Balaban J connectivity index is 2.01. The van der Waals surface area contributed by atoms with Gasteiger partial charge in [0, 0.05) is 6.04 Å². The van der Waals surface area contributed by atoms with Crippen LogP contribution in [-0.4, -0.2) is 11.9 Å². The van der Waals surface area contributed by atoms with E-state index < -0.39 is 0 Å². The van der Waals surface area contributed by atoms with Gasteiger partial charge in [0.15, 0.2) is 0 Å². The van der Waals surface area contributed by atoms with Gasteiger partial charge in [-0.15, -0.1) is 0 Å². The highest BCUT2D eigenvalue weighted by atomic mass is 16.2. The monoisotopic (exact) mass is 167 g/mol. The van der Waals surface area contributed by atoms with E-state index in [1.807, 2.05) is 0 Å². The van der Waals surface area contributed by atoms with Gasteiger partial charge in [-0.1, -0.05) is 26.2 Å². The van der Waals surface area contributed by atoms with Gasteiger partial charge in [0.2, 0.25) is 5.91 Å². The van der Waals surface area contributed by atoms with Gasteiger partial charge >= 0.3 is 0 Å². The molecule has 1 saturated heterocycles. The molecule has 1 aliphatic heterocycles. The number of carbonyl (C=O) groups excluding carboxylic acids is 1. The predicted octanol–water partition coefficient (Wildman–Crippen LogP) is 1.85. The van der Waals surface area contributed by atoms with Crippen molar-refractivity contribution < 1.29 is 4.79 Å². The molecule has 2 fully saturated rings. The molecule has 0 bridgehead atoms. The Morgan fingerprint density at radius 3 is 3.08 bits per heavy atom. The number of hydrogen-bond donors (Lipinski definition) is 1. The molecule has 0 aromatic carbocycles. The summed E-state index contributed by atoms with van der Waals surface area (Å²) in [7, 11) is 0. The van der Waals surface area contributed by atoms with Crippen LogP contribution in [0.4, 0.5) is 0 Å². The Kier molecular flexibility index (Phi) is 1.85. The predicted molar refractivity (Wildman–Crippen MR) is 47.7 cm³/mol. The van der Waals surface area contributed by atoms with Crippen molar-refractivity contribution in [2.24, 2.45) is 5.41 Å². The van der Waals surface area contributed by atoms with Crippen LogP contribution in [0.15, 0.2) is 0 Å². The second-order valence-corrected chi connectivity index (χ2v) is 4.18. The lowest BCUT2D eigenvalue weighted by atomic mass is 9.71. The molecule has 2 rings (SSSR count). The fraction of sp³-hybridized carbons (Fsp3) is 0.900. The highest BCUT2D eigenvalue weighted by Gasteiger charge is 2.56. The maximum absolute atomic E-state index is 11.4. The van der Waals surface area contributed by atoms with E-state index in [0.29, 0.717) is 11.9 Å². The summed E-state index contributed by atoms with van der Waals surface area (Å²) in [4.78, 5) is 11.4. The number of nitrogens with one attached hydrogen (secondary N) is 1. The van der Waals surface area contributed by atoms with Crippen molar-refractivity contribution in [2.45, 2.75) is 51.5 Å². The molecule has 2 nitrogen and oxygen atoms in total. The molecule has 0 aromatic heterocycles. The zero-order chi connectivity index (χ0) is 8.60. The quantitative estimate of drug-likeness (QED) is 0.638. The van der Waals surface area contributed by atoms with Gasteiger partial charge in [0.25, 0.3) is 0 Å². The van der Waals surface area contributed by atoms with Gasteiger partial charge < -0.3 is 5.32 Å². The molecule has 2 aliphatic rings. The normalized spacial score (nSPS) is 38.8. The van der Waals surface area contributed by atoms with Crippen LogP contribution in [0.25, 0.3) is 0 Å². The second-order valence-electron chi connectivity index (χ2n) is 4.18. The third-order valence-electron chi connectivity index (χ3n) is 3.52. The largest absolute Gasteiger partial charge is 0.352 e. The minimum atomic E-state index is 0.0933. The van der Waals surface area contributed by atoms with Crippen LogP contribution in [0.5, 0.6) is 0 Å². The summed E-state index contributed by atoms with van der Waals surface area (Å²) in [5.74, 6) is 0.332. The smallest absolute Gasteiger partial charge is 0.228 e. The fourth-order valence-electron chi connectivity index (χ4n) is 2.68. The van der Waals surface area contributed by atoms with Crippen LogP contribution in [0, 0.1) is 5.41 Å². The first-order valence-corrected chi connectivity index (χ1v) is 5.10. The highest BCUT2D eigenvalue weighted by Crippen LogP contribution is 2.48. The summed E-state index contributed by atoms with van der Waals surface area (Å²) in [5.41, 5.74) is 0.0933. The molecular formula is C10H17NO. The van der Waals surface area contributed by atoms with Gasteiger partial charge in [0.1, 0.15) is 0 Å². The lowest BCUT2D eigenvalue weighted by Crippen LogP contribution is -2.64. The summed E-state index contributed by atoms with van der Waals surface area (Å²) in [6.07, 6.45) is 7.15. The Hall–Kier alpha value is -0.530. The van der Waals surface area contributed by atoms with Gasteiger partial charge in [0.05, 0.1) is 5.41 Å². The topological polar surface area (TPSA) is 29.1 Å². The molecule has 1 saturated carbocycles. The highest BCUT2D eigenvalue weighted by molar-refractivity contribution is 5.90. The van der Waals surface area contributed by atoms with Crippen LogP contribution >= 0.6 is 0 Å². The molecule has 1 amide bonds. The molecule has 0 spiro atoms. The summed E-state index contributed by atoms with van der Waals surface area (Å²) in [5, 5.41) is 3.02. The number of carbonyl (C=O) groups is 1. The number of fused-ring (bicyclic) bond motifs is 1. The molecule has 2 heteroatoms. The maximum atomic E-state index is 11.4. The molecular weight excluding hydrogens is 150 g/mol. The van der Waals surface area contributed by atoms with E-state index in [-0.39, 0.29) is 5.41 Å². The number of hydrogen-bond acceptors (Lipinski definition) is 1. The van der Waals surface area contributed by atoms with Crippen molar-refractivity contribution in [1.82, 2.24) is 5.32 Å². The lowest BCUT2D eigenvalue weighted by molar-refractivity contribution is -0.144. The number of unbranched alkanes of at least 4 members (excludes halogenated alkanes) is 1. The zero-order valence-corrected chi connectivity index (χ0v) is 7.73. The molecule has 68 valence electrons. The van der Waals surface area contributed by atoms with Crippen molar-refractivity contribution in [3.05, 3.63) is 0 Å². The molecule has 0 radical (unpaired) electrons. The first-order valence-electron chi connectivity index (χ1n) is 5.10. The third kappa shape index (κ3) is 0.900. The molecule has 1 aliphatic carbocycles. The van der Waals surface area contributed by atoms with E-state index in [1.54, 1.807) is 0 Å². The SMILES string of the molecule is CCCCC12CCCC1NC2=O. The number of β-lactam (4-membered cyclic amide) rings is 1. The number of amides is 1. The summed E-state index contributed by atoms with van der Waals surface area (Å²) in [6.45, 7) is 2.19. The summed E-state index contributed by atoms with van der Waals surface area (Å²) < 4.78 is 0. The minimum Gasteiger partial charge on any atom is -0.352 e. The molecule has 1 heterocycles. The average molecular weight is 167 g/mol.